The van der Waals surface area contributed by atoms with Gasteiger partial charge in [0.15, 0.2) is 5.79 Å². The van der Waals surface area contributed by atoms with Crippen LogP contribution in [-0.2, 0) is 14.3 Å². The first-order chi connectivity index (χ1) is 7.74. The summed E-state index contributed by atoms with van der Waals surface area (Å²) in [7, 11) is 0. The summed E-state index contributed by atoms with van der Waals surface area (Å²) in [5, 5.41) is 0. The maximum absolute atomic E-state index is 12.1. The second-order valence-corrected chi connectivity index (χ2v) is 5.61. The molecule has 1 spiro atoms. The first-order valence-electron chi connectivity index (χ1n) is 6.23. The van der Waals surface area contributed by atoms with Gasteiger partial charge in [0.25, 0.3) is 0 Å². The predicted octanol–water partition coefficient (Wildman–Crippen LogP) is 1.39. The quantitative estimate of drug-likeness (QED) is 0.579. The number of rotatable bonds is 0. The molecule has 4 aliphatic rings. The van der Waals surface area contributed by atoms with Crippen LogP contribution in [0.4, 0.5) is 0 Å². The highest BCUT2D eigenvalue weighted by atomic mass is 16.7. The second-order valence-electron chi connectivity index (χ2n) is 5.61. The third-order valence-corrected chi connectivity index (χ3v) is 4.96. The van der Waals surface area contributed by atoms with Crippen LogP contribution in [0.25, 0.3) is 0 Å². The van der Waals surface area contributed by atoms with E-state index in [-0.39, 0.29) is 11.8 Å². The van der Waals surface area contributed by atoms with E-state index in [0.29, 0.717) is 36.8 Å². The van der Waals surface area contributed by atoms with Crippen LogP contribution in [0.15, 0.2) is 12.2 Å². The molecule has 3 fully saturated rings. The summed E-state index contributed by atoms with van der Waals surface area (Å²) in [6, 6.07) is 0. The lowest BCUT2D eigenvalue weighted by molar-refractivity contribution is -0.190. The average molecular weight is 220 g/mol. The summed E-state index contributed by atoms with van der Waals surface area (Å²) in [6.07, 6.45) is 5.14. The van der Waals surface area contributed by atoms with Crippen LogP contribution < -0.4 is 0 Å². The van der Waals surface area contributed by atoms with E-state index in [0.717, 1.165) is 6.42 Å². The minimum Gasteiger partial charge on any atom is -0.346 e. The predicted molar refractivity (Wildman–Crippen MR) is 56.5 cm³/mol. The molecule has 4 rings (SSSR count). The molecule has 0 amide bonds. The molecule has 0 aromatic carbocycles. The van der Waals surface area contributed by atoms with Crippen LogP contribution in [-0.4, -0.2) is 24.8 Å². The molecule has 3 nitrogen and oxygen atoms in total. The van der Waals surface area contributed by atoms with Crippen molar-refractivity contribution < 1.29 is 14.3 Å². The van der Waals surface area contributed by atoms with Crippen LogP contribution >= 0.6 is 0 Å². The van der Waals surface area contributed by atoms with E-state index in [1.54, 1.807) is 0 Å². The fourth-order valence-electron chi connectivity index (χ4n) is 4.50. The topological polar surface area (TPSA) is 35.5 Å². The molecule has 2 bridgehead atoms. The van der Waals surface area contributed by atoms with Crippen molar-refractivity contribution in [2.24, 2.45) is 29.6 Å². The minimum absolute atomic E-state index is 0.170. The number of ketones is 1. The van der Waals surface area contributed by atoms with Gasteiger partial charge in [0.1, 0.15) is 5.78 Å². The molecule has 16 heavy (non-hydrogen) atoms. The molecule has 1 aliphatic heterocycles. The number of carbonyl (C=O) groups excluding carboxylic acids is 1. The summed E-state index contributed by atoms with van der Waals surface area (Å²) in [6.45, 7) is 3.55. The van der Waals surface area contributed by atoms with E-state index >= 15 is 0 Å². The summed E-state index contributed by atoms with van der Waals surface area (Å²) < 4.78 is 11.8. The van der Waals surface area contributed by atoms with E-state index in [1.807, 2.05) is 0 Å². The Bertz CT molecular complexity index is 381. The Labute approximate surface area is 94.8 Å². The van der Waals surface area contributed by atoms with E-state index in [4.69, 9.17) is 9.47 Å². The smallest absolute Gasteiger partial charge is 0.181 e. The zero-order valence-corrected chi connectivity index (χ0v) is 9.39. The number of fused-ring (bicyclic) bond motifs is 3. The molecule has 0 aromatic heterocycles. The van der Waals surface area contributed by atoms with Crippen LogP contribution in [0.2, 0.25) is 0 Å². The zero-order chi connectivity index (χ0) is 10.9. The highest BCUT2D eigenvalue weighted by Gasteiger charge is 2.69. The lowest BCUT2D eigenvalue weighted by Crippen LogP contribution is -2.39. The number of ether oxygens (including phenoxy) is 2. The van der Waals surface area contributed by atoms with Gasteiger partial charge >= 0.3 is 0 Å². The molecule has 86 valence electrons. The van der Waals surface area contributed by atoms with Crippen molar-refractivity contribution in [3.63, 3.8) is 0 Å². The molecule has 1 heterocycles. The summed E-state index contributed by atoms with van der Waals surface area (Å²) in [5.74, 6) is 1.58. The van der Waals surface area contributed by atoms with Gasteiger partial charge in [-0.05, 0) is 11.8 Å². The second kappa shape index (κ2) is 2.77. The molecular formula is C13H16O3. The Morgan fingerprint density at radius 3 is 2.62 bits per heavy atom. The normalized spacial score (nSPS) is 51.8. The monoisotopic (exact) mass is 220 g/mol. The highest BCUT2D eigenvalue weighted by Crippen LogP contribution is 2.63. The number of hydrogen-bond donors (Lipinski definition) is 0. The van der Waals surface area contributed by atoms with Gasteiger partial charge in [0.2, 0.25) is 0 Å². The van der Waals surface area contributed by atoms with Crippen LogP contribution in [0, 0.1) is 29.6 Å². The van der Waals surface area contributed by atoms with Gasteiger partial charge in [-0.15, -0.1) is 0 Å². The highest BCUT2D eigenvalue weighted by molar-refractivity contribution is 5.85. The van der Waals surface area contributed by atoms with Gasteiger partial charge in [0.05, 0.1) is 13.2 Å². The largest absolute Gasteiger partial charge is 0.346 e. The van der Waals surface area contributed by atoms with Crippen LogP contribution in [0.1, 0.15) is 13.3 Å². The lowest BCUT2D eigenvalue weighted by Gasteiger charge is -2.30. The maximum Gasteiger partial charge on any atom is 0.181 e. The summed E-state index contributed by atoms with van der Waals surface area (Å²) in [5.41, 5.74) is 0. The molecule has 5 atom stereocenters. The van der Waals surface area contributed by atoms with Gasteiger partial charge < -0.3 is 9.47 Å². The van der Waals surface area contributed by atoms with Crippen molar-refractivity contribution in [1.82, 2.24) is 0 Å². The van der Waals surface area contributed by atoms with Gasteiger partial charge in [-0.25, -0.2) is 0 Å². The van der Waals surface area contributed by atoms with Gasteiger partial charge in [-0.3, -0.25) is 4.79 Å². The molecule has 2 saturated carbocycles. The molecule has 0 aromatic rings. The van der Waals surface area contributed by atoms with E-state index in [1.165, 1.54) is 0 Å². The average Bonchev–Trinajstić information content (AvgIpc) is 2.98. The van der Waals surface area contributed by atoms with E-state index in [9.17, 15) is 4.79 Å². The fourth-order valence-corrected chi connectivity index (χ4v) is 4.50. The van der Waals surface area contributed by atoms with E-state index in [2.05, 4.69) is 19.1 Å². The number of carbonyl (C=O) groups is 1. The molecule has 0 N–H and O–H groups in total. The van der Waals surface area contributed by atoms with Crippen molar-refractivity contribution in [3.05, 3.63) is 12.2 Å². The Kier molecular flexibility index (Phi) is 1.62. The first-order valence-corrected chi connectivity index (χ1v) is 6.23. The third-order valence-electron chi connectivity index (χ3n) is 4.96. The minimum atomic E-state index is -0.459. The van der Waals surface area contributed by atoms with Crippen LogP contribution in [0.3, 0.4) is 0 Å². The standard InChI is InChI=1S/C13H16O3/c1-7-6-10(14)12-9-3-2-8(11(7)12)13(9)15-4-5-16-13/h2-3,7-9,11-12H,4-6H2,1H3/t7-,8-,9-,11-,12+/m1/s1. The maximum atomic E-state index is 12.1. The Morgan fingerprint density at radius 2 is 1.94 bits per heavy atom. The summed E-state index contributed by atoms with van der Waals surface area (Å²) >= 11 is 0. The van der Waals surface area contributed by atoms with Crippen LogP contribution in [0.5, 0.6) is 0 Å². The lowest BCUT2D eigenvalue weighted by atomic mass is 9.82. The zero-order valence-electron chi connectivity index (χ0n) is 9.39. The van der Waals surface area contributed by atoms with Gasteiger partial charge in [-0.1, -0.05) is 19.1 Å². The molecule has 1 saturated heterocycles. The SMILES string of the molecule is C[C@@H]1CC(=O)[C@H]2[C@H]1[C@H]1C=C[C@H]2C12OCCO2. The molecule has 0 unspecified atom stereocenters. The number of Topliss-reactive ketones (excluding diaryl/α,β-unsaturated/α-hetero) is 1. The molecule has 3 heteroatoms. The molecule has 3 aliphatic carbocycles. The van der Waals surface area contributed by atoms with Gasteiger partial charge in [0, 0.05) is 24.2 Å². The van der Waals surface area contributed by atoms with Gasteiger partial charge in [-0.2, -0.15) is 0 Å². The fraction of sp³-hybridized carbons (Fsp3) is 0.769. The Morgan fingerprint density at radius 1 is 1.25 bits per heavy atom. The Balaban J connectivity index is 1.81. The van der Waals surface area contributed by atoms with Crippen molar-refractivity contribution in [2.45, 2.75) is 19.1 Å². The molecular weight excluding hydrogens is 204 g/mol. The summed E-state index contributed by atoms with van der Waals surface area (Å²) in [4.78, 5) is 12.1. The molecule has 0 radical (unpaired) electrons. The van der Waals surface area contributed by atoms with Crippen molar-refractivity contribution in [3.8, 4) is 0 Å². The van der Waals surface area contributed by atoms with E-state index < -0.39 is 5.79 Å². The first kappa shape index (κ1) is 9.37. The third kappa shape index (κ3) is 0.833. The van der Waals surface area contributed by atoms with Crippen molar-refractivity contribution >= 4 is 5.78 Å². The van der Waals surface area contributed by atoms with Crippen molar-refractivity contribution in [1.29, 1.82) is 0 Å². The van der Waals surface area contributed by atoms with Crippen molar-refractivity contribution in [2.75, 3.05) is 13.2 Å². The number of hydrogen-bond acceptors (Lipinski definition) is 3. The Hall–Kier alpha value is -0.670.